The van der Waals surface area contributed by atoms with Crippen molar-refractivity contribution >= 4 is 29.0 Å². The van der Waals surface area contributed by atoms with Crippen LogP contribution < -0.4 is 15.8 Å². The maximum atomic E-state index is 12.5. The third kappa shape index (κ3) is 3.41. The van der Waals surface area contributed by atoms with E-state index in [4.69, 9.17) is 22.1 Å². The summed E-state index contributed by atoms with van der Waals surface area (Å²) in [6, 6.07) is 14.1. The number of rotatable bonds is 5. The number of halogens is 1. The molecule has 7 nitrogen and oxygen atoms in total. The first-order chi connectivity index (χ1) is 12.1. The lowest BCUT2D eigenvalue weighted by molar-refractivity contribution is 0.102. The van der Waals surface area contributed by atoms with E-state index in [1.807, 2.05) is 13.0 Å². The van der Waals surface area contributed by atoms with Crippen molar-refractivity contribution in [3.8, 4) is 11.4 Å². The van der Waals surface area contributed by atoms with E-state index in [-0.39, 0.29) is 11.5 Å². The van der Waals surface area contributed by atoms with E-state index in [1.165, 1.54) is 4.68 Å². The number of anilines is 2. The van der Waals surface area contributed by atoms with Crippen molar-refractivity contribution < 1.29 is 9.53 Å². The Hall–Kier alpha value is -3.06. The van der Waals surface area contributed by atoms with Crippen LogP contribution in [0, 0.1) is 0 Å². The van der Waals surface area contributed by atoms with Gasteiger partial charge in [-0.05, 0) is 31.2 Å². The first-order valence-corrected chi connectivity index (χ1v) is 7.99. The first-order valence-electron chi connectivity index (χ1n) is 7.61. The maximum absolute atomic E-state index is 12.5. The zero-order valence-electron chi connectivity index (χ0n) is 13.4. The molecule has 1 amide bonds. The standard InChI is InChI=1S/C17H16ClN5O2/c1-2-25-14-10-6-4-8-12(14)20-17(24)15-16(19)23(22-21-15)13-9-5-3-7-11(13)18/h3-10H,2,19H2,1H3,(H,20,24). The number of ether oxygens (including phenoxy) is 1. The lowest BCUT2D eigenvalue weighted by Gasteiger charge is -2.10. The molecule has 0 saturated carbocycles. The summed E-state index contributed by atoms with van der Waals surface area (Å²) in [5.41, 5.74) is 7.12. The molecule has 3 N–H and O–H groups in total. The smallest absolute Gasteiger partial charge is 0.280 e. The van der Waals surface area contributed by atoms with Crippen LogP contribution >= 0.6 is 11.6 Å². The molecule has 0 saturated heterocycles. The molecule has 1 aromatic heterocycles. The zero-order chi connectivity index (χ0) is 17.8. The lowest BCUT2D eigenvalue weighted by Crippen LogP contribution is -2.15. The molecule has 1 heterocycles. The second-order valence-corrected chi connectivity index (χ2v) is 5.48. The summed E-state index contributed by atoms with van der Waals surface area (Å²) in [6.45, 7) is 2.35. The monoisotopic (exact) mass is 357 g/mol. The summed E-state index contributed by atoms with van der Waals surface area (Å²) in [7, 11) is 0. The predicted octanol–water partition coefficient (Wildman–Crippen LogP) is 3.15. The highest BCUT2D eigenvalue weighted by molar-refractivity contribution is 6.32. The van der Waals surface area contributed by atoms with Gasteiger partial charge in [-0.15, -0.1) is 5.10 Å². The van der Waals surface area contributed by atoms with Crippen LogP contribution in [0.4, 0.5) is 11.5 Å². The van der Waals surface area contributed by atoms with Gasteiger partial charge in [0.2, 0.25) is 0 Å². The lowest BCUT2D eigenvalue weighted by atomic mass is 10.2. The second kappa shape index (κ2) is 7.23. The van der Waals surface area contributed by atoms with Crippen molar-refractivity contribution in [2.75, 3.05) is 17.7 Å². The van der Waals surface area contributed by atoms with Gasteiger partial charge < -0.3 is 15.8 Å². The molecule has 0 aliphatic rings. The summed E-state index contributed by atoms with van der Waals surface area (Å²) < 4.78 is 6.81. The Bertz CT molecular complexity index is 910. The van der Waals surface area contributed by atoms with Crippen molar-refractivity contribution in [2.24, 2.45) is 0 Å². The number of nitrogen functional groups attached to an aromatic ring is 1. The average Bonchev–Trinajstić information content (AvgIpc) is 2.99. The molecule has 3 aromatic rings. The van der Waals surface area contributed by atoms with E-state index in [1.54, 1.807) is 42.5 Å². The average molecular weight is 358 g/mol. The second-order valence-electron chi connectivity index (χ2n) is 5.07. The fraction of sp³-hybridized carbons (Fsp3) is 0.118. The Balaban J connectivity index is 1.89. The van der Waals surface area contributed by atoms with Gasteiger partial charge >= 0.3 is 0 Å². The van der Waals surface area contributed by atoms with E-state index < -0.39 is 5.91 Å². The molecule has 0 unspecified atom stereocenters. The Morgan fingerprint density at radius 1 is 1.24 bits per heavy atom. The maximum Gasteiger partial charge on any atom is 0.280 e. The van der Waals surface area contributed by atoms with Crippen LogP contribution in [0.5, 0.6) is 5.75 Å². The summed E-state index contributed by atoms with van der Waals surface area (Å²) in [6.07, 6.45) is 0. The molecule has 0 atom stereocenters. The molecular weight excluding hydrogens is 342 g/mol. The molecule has 3 rings (SSSR count). The minimum atomic E-state index is -0.483. The highest BCUT2D eigenvalue weighted by atomic mass is 35.5. The van der Waals surface area contributed by atoms with Gasteiger partial charge in [0, 0.05) is 0 Å². The molecule has 8 heteroatoms. The Labute approximate surface area is 149 Å². The van der Waals surface area contributed by atoms with Gasteiger partial charge in [0.25, 0.3) is 5.91 Å². The molecule has 25 heavy (non-hydrogen) atoms. The number of benzene rings is 2. The Morgan fingerprint density at radius 3 is 2.72 bits per heavy atom. The molecule has 0 spiro atoms. The Kier molecular flexibility index (Phi) is 4.85. The van der Waals surface area contributed by atoms with Gasteiger partial charge in [0.15, 0.2) is 11.5 Å². The number of para-hydroxylation sites is 3. The molecule has 0 bridgehead atoms. The van der Waals surface area contributed by atoms with Crippen LogP contribution in [0.3, 0.4) is 0 Å². The summed E-state index contributed by atoms with van der Waals surface area (Å²) in [5, 5.41) is 11.0. The highest BCUT2D eigenvalue weighted by Crippen LogP contribution is 2.26. The van der Waals surface area contributed by atoms with Gasteiger partial charge in [0.05, 0.1) is 23.0 Å². The largest absolute Gasteiger partial charge is 0.492 e. The van der Waals surface area contributed by atoms with Gasteiger partial charge in [-0.25, -0.2) is 0 Å². The van der Waals surface area contributed by atoms with E-state index in [2.05, 4.69) is 15.6 Å². The molecule has 128 valence electrons. The van der Waals surface area contributed by atoms with Gasteiger partial charge in [0.1, 0.15) is 5.75 Å². The fourth-order valence-corrected chi connectivity index (χ4v) is 2.50. The number of hydrogen-bond acceptors (Lipinski definition) is 5. The van der Waals surface area contributed by atoms with E-state index in [0.717, 1.165) is 0 Å². The normalized spacial score (nSPS) is 10.5. The number of nitrogens with one attached hydrogen (secondary N) is 1. The summed E-state index contributed by atoms with van der Waals surface area (Å²) in [4.78, 5) is 12.5. The van der Waals surface area contributed by atoms with Crippen molar-refractivity contribution in [3.63, 3.8) is 0 Å². The topological polar surface area (TPSA) is 95.1 Å². The number of nitrogens with zero attached hydrogens (tertiary/aromatic N) is 3. The number of carbonyl (C=O) groups is 1. The molecule has 0 aliphatic carbocycles. The highest BCUT2D eigenvalue weighted by Gasteiger charge is 2.20. The van der Waals surface area contributed by atoms with Crippen molar-refractivity contribution in [2.45, 2.75) is 6.92 Å². The Morgan fingerprint density at radius 2 is 1.96 bits per heavy atom. The van der Waals surface area contributed by atoms with Gasteiger partial charge in [-0.1, -0.05) is 41.1 Å². The molecule has 0 aliphatic heterocycles. The zero-order valence-corrected chi connectivity index (χ0v) is 14.2. The minimum Gasteiger partial charge on any atom is -0.492 e. The number of nitrogens with two attached hydrogens (primary N) is 1. The molecule has 0 fully saturated rings. The molecular formula is C17H16ClN5O2. The first kappa shape index (κ1) is 16.8. The quantitative estimate of drug-likeness (QED) is 0.731. The molecule has 2 aromatic carbocycles. The third-order valence-electron chi connectivity index (χ3n) is 3.44. The van der Waals surface area contributed by atoms with E-state index >= 15 is 0 Å². The number of amides is 1. The summed E-state index contributed by atoms with van der Waals surface area (Å²) >= 11 is 6.14. The van der Waals surface area contributed by atoms with Crippen molar-refractivity contribution in [3.05, 3.63) is 59.2 Å². The minimum absolute atomic E-state index is 0.00576. The number of carbonyl (C=O) groups excluding carboxylic acids is 1. The number of aromatic nitrogens is 3. The number of hydrogen-bond donors (Lipinski definition) is 2. The predicted molar refractivity (Wildman–Crippen MR) is 96.3 cm³/mol. The van der Waals surface area contributed by atoms with Gasteiger partial charge in [-0.3, -0.25) is 4.79 Å². The van der Waals surface area contributed by atoms with Crippen LogP contribution in [-0.4, -0.2) is 27.5 Å². The van der Waals surface area contributed by atoms with Crippen molar-refractivity contribution in [1.82, 2.24) is 15.0 Å². The van der Waals surface area contributed by atoms with Crippen LogP contribution in [0.1, 0.15) is 17.4 Å². The van der Waals surface area contributed by atoms with Crippen LogP contribution in [0.15, 0.2) is 48.5 Å². The molecule has 0 radical (unpaired) electrons. The van der Waals surface area contributed by atoms with E-state index in [9.17, 15) is 4.79 Å². The summed E-state index contributed by atoms with van der Waals surface area (Å²) in [5.74, 6) is 0.179. The van der Waals surface area contributed by atoms with Crippen LogP contribution in [0.2, 0.25) is 5.02 Å². The van der Waals surface area contributed by atoms with Crippen molar-refractivity contribution in [1.29, 1.82) is 0 Å². The fourth-order valence-electron chi connectivity index (χ4n) is 2.29. The van der Waals surface area contributed by atoms with Gasteiger partial charge in [-0.2, -0.15) is 4.68 Å². The van der Waals surface area contributed by atoms with Crippen LogP contribution in [0.25, 0.3) is 5.69 Å². The SMILES string of the molecule is CCOc1ccccc1NC(=O)c1nnn(-c2ccccc2Cl)c1N. The van der Waals surface area contributed by atoms with E-state index in [0.29, 0.717) is 28.8 Å². The third-order valence-corrected chi connectivity index (χ3v) is 3.76. The van der Waals surface area contributed by atoms with Crippen LogP contribution in [-0.2, 0) is 0 Å².